The van der Waals surface area contributed by atoms with Gasteiger partial charge in [-0.3, -0.25) is 9.59 Å². The van der Waals surface area contributed by atoms with Crippen molar-refractivity contribution in [2.75, 3.05) is 33.9 Å². The van der Waals surface area contributed by atoms with Crippen LogP contribution < -0.4 is 25.4 Å². The predicted octanol–water partition coefficient (Wildman–Crippen LogP) is 9.59. The van der Waals surface area contributed by atoms with Crippen LogP contribution >= 0.6 is 0 Å². The van der Waals surface area contributed by atoms with Crippen molar-refractivity contribution < 1.29 is 19.1 Å². The van der Waals surface area contributed by atoms with Crippen LogP contribution in [-0.2, 0) is 11.1 Å². The van der Waals surface area contributed by atoms with Gasteiger partial charge >= 0.3 is 0 Å². The van der Waals surface area contributed by atoms with E-state index in [1.807, 2.05) is 56.3 Å². The van der Waals surface area contributed by atoms with E-state index in [-0.39, 0.29) is 22.9 Å². The first-order chi connectivity index (χ1) is 29.1. The molecule has 2 saturated heterocycles. The lowest BCUT2D eigenvalue weighted by Crippen LogP contribution is -2.46. The summed E-state index contributed by atoms with van der Waals surface area (Å²) in [4.78, 5) is 28.5. The minimum absolute atomic E-state index is 0.0276. The molecule has 0 bridgehead atoms. The summed E-state index contributed by atoms with van der Waals surface area (Å²) in [6.45, 7) is 9.19. The number of nitrogens with one attached hydrogen (secondary N) is 3. The summed E-state index contributed by atoms with van der Waals surface area (Å²) < 4.78 is 11.2. The Morgan fingerprint density at radius 2 is 1.15 bits per heavy atom. The molecule has 2 saturated carbocycles. The molecular weight excluding hydrogens is 745 g/mol. The van der Waals surface area contributed by atoms with Gasteiger partial charge in [-0.25, -0.2) is 0 Å². The van der Waals surface area contributed by atoms with Crippen LogP contribution in [0, 0.1) is 13.8 Å². The predicted molar refractivity (Wildman–Crippen MR) is 242 cm³/mol. The second-order valence-electron chi connectivity index (χ2n) is 17.2. The van der Waals surface area contributed by atoms with Crippen LogP contribution in [0.2, 0.25) is 0 Å². The Morgan fingerprint density at radius 1 is 0.683 bits per heavy atom. The summed E-state index contributed by atoms with van der Waals surface area (Å²) >= 11 is 0. The molecule has 4 aliphatic rings. The number of methoxy groups -OCH3 is 1. The number of fused-ring (bicyclic) bond motifs is 2. The third kappa shape index (κ3) is 8.91. The van der Waals surface area contributed by atoms with Crippen molar-refractivity contribution in [3.8, 4) is 11.5 Å². The van der Waals surface area contributed by atoms with Crippen LogP contribution in [0.25, 0.3) is 21.5 Å². The zero-order valence-electron chi connectivity index (χ0n) is 35.6. The molecule has 0 spiro atoms. The fraction of sp³-hybridized carbons (Fsp3) is 0.346. The molecule has 0 aromatic heterocycles. The monoisotopic (exact) mass is 802 g/mol. The zero-order chi connectivity index (χ0) is 41.9. The smallest absolute Gasteiger partial charge is 0.252 e. The lowest BCUT2D eigenvalue weighted by atomic mass is 9.96. The van der Waals surface area contributed by atoms with Crippen molar-refractivity contribution in [3.63, 3.8) is 0 Å². The van der Waals surface area contributed by atoms with Gasteiger partial charge in [-0.1, -0.05) is 97.1 Å². The van der Waals surface area contributed by atoms with Crippen LogP contribution in [0.3, 0.4) is 0 Å². The van der Waals surface area contributed by atoms with Gasteiger partial charge in [-0.2, -0.15) is 0 Å². The Bertz CT molecular complexity index is 2480. The topological polar surface area (TPSA) is 91.9 Å². The molecule has 0 radical (unpaired) electrons. The van der Waals surface area contributed by atoms with Gasteiger partial charge in [0.15, 0.2) is 0 Å². The third-order valence-corrected chi connectivity index (χ3v) is 13.0. The number of likely N-dealkylation sites (tertiary alicyclic amines) is 1. The molecule has 310 valence electrons. The van der Waals surface area contributed by atoms with E-state index in [4.69, 9.17) is 9.47 Å². The highest BCUT2D eigenvalue weighted by atomic mass is 16.5. The maximum atomic E-state index is 13.2. The number of hydrogen-bond acceptors (Lipinski definition) is 6. The summed E-state index contributed by atoms with van der Waals surface area (Å²) in [6.07, 6.45) is 6.42. The van der Waals surface area contributed by atoms with Gasteiger partial charge in [0.1, 0.15) is 18.1 Å². The summed E-state index contributed by atoms with van der Waals surface area (Å²) in [5.41, 5.74) is 5.17. The fourth-order valence-corrected chi connectivity index (χ4v) is 8.27. The number of rotatable bonds is 10. The van der Waals surface area contributed by atoms with Crippen LogP contribution in [0.15, 0.2) is 121 Å². The standard InChI is InChI=1S/C25H26N2O2.C22H21NO2.C5H11N/c1-17-9-10-20(29-16-19-11-14-26-19)15-22(17)24(28)27-25(12-13-25)23-8-4-6-18-5-2-3-7-21(18)23;1-15-10-11-17(25-2)14-19(15)21(24)23-22(12-13-22)20-9-5-7-16-6-3-4-8-18(16)20;1-5-3-4-6(5)2/h2-10,15,19,26H,11-14,16H2,1H3,(H,27,28);3-11,14H,12-13H2,1-2H3,(H,23,24);5H,3-4H2,1-2H3. The maximum absolute atomic E-state index is 13.2. The van der Waals surface area contributed by atoms with Gasteiger partial charge in [-0.05, 0) is 147 Å². The average Bonchev–Trinajstić information content (AvgIpc) is 4.21. The minimum Gasteiger partial charge on any atom is -0.497 e. The van der Waals surface area contributed by atoms with Crippen molar-refractivity contribution in [3.05, 3.63) is 155 Å². The molecule has 8 nitrogen and oxygen atoms in total. The van der Waals surface area contributed by atoms with Crippen molar-refractivity contribution in [1.29, 1.82) is 0 Å². The zero-order valence-corrected chi connectivity index (χ0v) is 35.6. The van der Waals surface area contributed by atoms with Crippen molar-refractivity contribution in [2.24, 2.45) is 0 Å². The number of carbonyl (C=O) groups excluding carboxylic acids is 2. The largest absolute Gasteiger partial charge is 0.497 e. The Balaban J connectivity index is 0.000000147. The second kappa shape index (κ2) is 17.5. The van der Waals surface area contributed by atoms with Crippen LogP contribution in [0.4, 0.5) is 0 Å². The first-order valence-electron chi connectivity index (χ1n) is 21.5. The molecule has 6 aromatic rings. The second-order valence-corrected chi connectivity index (χ2v) is 17.2. The highest BCUT2D eigenvalue weighted by Crippen LogP contribution is 2.49. The lowest BCUT2D eigenvalue weighted by molar-refractivity contribution is 0.0921. The Hall–Kier alpha value is -5.70. The highest BCUT2D eigenvalue weighted by Gasteiger charge is 2.47. The molecule has 2 atom stereocenters. The maximum Gasteiger partial charge on any atom is 0.252 e. The Labute approximate surface area is 354 Å². The summed E-state index contributed by atoms with van der Waals surface area (Å²) in [5, 5.41) is 14.8. The van der Waals surface area contributed by atoms with E-state index >= 15 is 0 Å². The molecule has 2 unspecified atom stereocenters. The quantitative estimate of drug-likeness (QED) is 0.128. The molecule has 2 aliphatic heterocycles. The number of benzene rings is 6. The summed E-state index contributed by atoms with van der Waals surface area (Å²) in [7, 11) is 3.78. The van der Waals surface area contributed by atoms with Gasteiger partial charge in [0.25, 0.3) is 11.8 Å². The van der Waals surface area contributed by atoms with Gasteiger partial charge < -0.3 is 30.3 Å². The first kappa shape index (κ1) is 41.1. The molecule has 6 aromatic carbocycles. The number of ether oxygens (including phenoxy) is 2. The molecule has 4 fully saturated rings. The first-order valence-corrected chi connectivity index (χ1v) is 21.5. The minimum atomic E-state index is -0.267. The number of amides is 2. The summed E-state index contributed by atoms with van der Waals surface area (Å²) in [6, 6.07) is 42.1. The lowest BCUT2D eigenvalue weighted by Gasteiger charge is -2.34. The highest BCUT2D eigenvalue weighted by molar-refractivity contribution is 5.98. The Morgan fingerprint density at radius 3 is 1.57 bits per heavy atom. The van der Waals surface area contributed by atoms with Gasteiger partial charge in [0, 0.05) is 23.2 Å². The van der Waals surface area contributed by atoms with E-state index in [0.29, 0.717) is 29.5 Å². The molecule has 3 N–H and O–H groups in total. The van der Waals surface area contributed by atoms with Crippen molar-refractivity contribution >= 4 is 33.4 Å². The molecular formula is C52H58N4O4. The van der Waals surface area contributed by atoms with E-state index in [0.717, 1.165) is 61.6 Å². The number of nitrogens with zero attached hydrogens (tertiary/aromatic N) is 1. The molecule has 2 heterocycles. The van der Waals surface area contributed by atoms with Crippen LogP contribution in [-0.4, -0.2) is 62.7 Å². The van der Waals surface area contributed by atoms with E-state index in [2.05, 4.69) is 114 Å². The van der Waals surface area contributed by atoms with Crippen molar-refractivity contribution in [1.82, 2.24) is 20.9 Å². The Kier molecular flexibility index (Phi) is 12.0. The van der Waals surface area contributed by atoms with E-state index in [9.17, 15) is 9.59 Å². The van der Waals surface area contributed by atoms with E-state index in [1.165, 1.54) is 45.6 Å². The molecule has 2 aliphatic carbocycles. The number of carbonyl (C=O) groups is 2. The number of hydrogen-bond donors (Lipinski definition) is 3. The van der Waals surface area contributed by atoms with E-state index < -0.39 is 0 Å². The van der Waals surface area contributed by atoms with Gasteiger partial charge in [0.2, 0.25) is 0 Å². The molecule has 2 amide bonds. The van der Waals surface area contributed by atoms with E-state index in [1.54, 1.807) is 7.11 Å². The average molecular weight is 803 g/mol. The fourth-order valence-electron chi connectivity index (χ4n) is 8.27. The van der Waals surface area contributed by atoms with Crippen LogP contribution in [0.5, 0.6) is 11.5 Å². The molecule has 8 heteroatoms. The van der Waals surface area contributed by atoms with Gasteiger partial charge in [-0.15, -0.1) is 0 Å². The number of aryl methyl sites for hydroxylation is 2. The molecule has 10 rings (SSSR count). The van der Waals surface area contributed by atoms with Crippen molar-refractivity contribution in [2.45, 2.75) is 82.5 Å². The third-order valence-electron chi connectivity index (χ3n) is 13.0. The SMILES string of the molecule is CC1CCN1C.COc1ccc(C)c(C(=O)NC2(c3cccc4ccccc34)CC2)c1.Cc1ccc(OCC2CCN2)cc1C(=O)NC1(c2cccc3ccccc23)CC1. The summed E-state index contributed by atoms with van der Waals surface area (Å²) in [5.74, 6) is 1.39. The van der Waals surface area contributed by atoms with Gasteiger partial charge in [0.05, 0.1) is 18.2 Å². The van der Waals surface area contributed by atoms with Crippen LogP contribution in [0.1, 0.15) is 88.4 Å². The molecule has 60 heavy (non-hydrogen) atoms. The normalized spacial score (nSPS) is 19.2.